The SMILES string of the molecule is Cn1cc2c(c1C(=O)Nc1ccc(F)c(C#N)c1)OC[C@@H](C#CC(C)(C)O)NS2(=O)=O. The number of carbonyl (C=O) groups excluding carboxylic acids is 1. The molecule has 0 fully saturated rings. The van der Waals surface area contributed by atoms with Crippen molar-refractivity contribution in [3.63, 3.8) is 0 Å². The molecule has 11 heteroatoms. The lowest BCUT2D eigenvalue weighted by molar-refractivity contribution is 0.101. The summed E-state index contributed by atoms with van der Waals surface area (Å²) in [6, 6.07) is 4.21. The molecule has 1 aliphatic heterocycles. The Kier molecular flexibility index (Phi) is 5.79. The highest BCUT2D eigenvalue weighted by atomic mass is 32.2. The van der Waals surface area contributed by atoms with Crippen LogP contribution < -0.4 is 14.8 Å². The lowest BCUT2D eigenvalue weighted by Gasteiger charge is -2.12. The molecule has 1 aliphatic rings. The van der Waals surface area contributed by atoms with Crippen LogP contribution in [0.3, 0.4) is 0 Å². The molecule has 0 aliphatic carbocycles. The van der Waals surface area contributed by atoms with Crippen molar-refractivity contribution >= 4 is 21.6 Å². The predicted octanol–water partition coefficient (Wildman–Crippen LogP) is 1.10. The van der Waals surface area contributed by atoms with Crippen LogP contribution in [0.25, 0.3) is 0 Å². The standard InChI is InChI=1S/C20H19FN4O5S/c1-20(2,27)7-6-14-11-30-18-16(31(28,29)24-14)10-25(3)17(18)19(26)23-13-4-5-15(21)12(8-13)9-22/h4-5,8,10,14,24,27H,11H2,1-3H3,(H,23,26)/t14-/m1/s1. The lowest BCUT2D eigenvalue weighted by atomic mass is 10.1. The Hall–Kier alpha value is -3.38. The Morgan fingerprint density at radius 1 is 1.45 bits per heavy atom. The maximum absolute atomic E-state index is 13.5. The zero-order valence-corrected chi connectivity index (χ0v) is 17.7. The molecule has 0 radical (unpaired) electrons. The van der Waals surface area contributed by atoms with E-state index in [1.807, 2.05) is 0 Å². The van der Waals surface area contributed by atoms with Crippen LogP contribution in [0.4, 0.5) is 10.1 Å². The number of rotatable bonds is 2. The van der Waals surface area contributed by atoms with Gasteiger partial charge in [-0.1, -0.05) is 11.8 Å². The summed E-state index contributed by atoms with van der Waals surface area (Å²) in [7, 11) is -2.60. The van der Waals surface area contributed by atoms with Gasteiger partial charge in [0, 0.05) is 18.9 Å². The van der Waals surface area contributed by atoms with Gasteiger partial charge in [0.2, 0.25) is 10.0 Å². The van der Waals surface area contributed by atoms with E-state index in [4.69, 9.17) is 10.00 Å². The van der Waals surface area contributed by atoms with Crippen LogP contribution in [0.5, 0.6) is 5.75 Å². The normalized spacial score (nSPS) is 17.2. The van der Waals surface area contributed by atoms with E-state index in [9.17, 15) is 22.7 Å². The van der Waals surface area contributed by atoms with Crippen molar-refractivity contribution in [2.45, 2.75) is 30.4 Å². The van der Waals surface area contributed by atoms with Crippen LogP contribution in [-0.4, -0.2) is 42.2 Å². The van der Waals surface area contributed by atoms with Gasteiger partial charge in [-0.2, -0.15) is 9.98 Å². The Bertz CT molecular complexity index is 1260. The average molecular weight is 446 g/mol. The number of aliphatic hydroxyl groups is 1. The fourth-order valence-corrected chi connectivity index (χ4v) is 4.16. The van der Waals surface area contributed by atoms with Crippen LogP contribution in [0.1, 0.15) is 29.9 Å². The third-order valence-corrected chi connectivity index (χ3v) is 5.66. The van der Waals surface area contributed by atoms with Gasteiger partial charge in [-0.25, -0.2) is 12.8 Å². The summed E-state index contributed by atoms with van der Waals surface area (Å²) in [4.78, 5) is 12.6. The molecule has 1 aromatic heterocycles. The van der Waals surface area contributed by atoms with Crippen molar-refractivity contribution in [3.05, 3.63) is 41.5 Å². The number of ether oxygens (including phenoxy) is 1. The number of nitrogens with one attached hydrogen (secondary N) is 2. The van der Waals surface area contributed by atoms with Gasteiger partial charge in [-0.05, 0) is 32.0 Å². The van der Waals surface area contributed by atoms with Gasteiger partial charge in [0.25, 0.3) is 5.91 Å². The first-order valence-electron chi connectivity index (χ1n) is 9.02. The Labute approximate surface area is 178 Å². The zero-order valence-electron chi connectivity index (χ0n) is 16.9. The molecule has 0 saturated carbocycles. The van der Waals surface area contributed by atoms with Gasteiger partial charge < -0.3 is 19.7 Å². The average Bonchev–Trinajstić information content (AvgIpc) is 2.96. The summed E-state index contributed by atoms with van der Waals surface area (Å²) < 4.78 is 48.3. The van der Waals surface area contributed by atoms with Gasteiger partial charge in [0.1, 0.15) is 35.0 Å². The molecule has 3 rings (SSSR count). The van der Waals surface area contributed by atoms with Crippen molar-refractivity contribution in [2.75, 3.05) is 11.9 Å². The summed E-state index contributed by atoms with van der Waals surface area (Å²) >= 11 is 0. The van der Waals surface area contributed by atoms with E-state index in [0.29, 0.717) is 0 Å². The number of amides is 1. The first kappa shape index (κ1) is 22.3. The molecule has 1 amide bonds. The highest BCUT2D eigenvalue weighted by Gasteiger charge is 2.34. The first-order chi connectivity index (χ1) is 14.4. The van der Waals surface area contributed by atoms with Crippen LogP contribution in [0.2, 0.25) is 0 Å². The van der Waals surface area contributed by atoms with Crippen LogP contribution in [0, 0.1) is 29.0 Å². The monoisotopic (exact) mass is 446 g/mol. The molecule has 2 aromatic rings. The molecule has 0 saturated heterocycles. The topological polar surface area (TPSA) is 133 Å². The van der Waals surface area contributed by atoms with E-state index in [1.54, 1.807) is 6.07 Å². The molecule has 31 heavy (non-hydrogen) atoms. The Balaban J connectivity index is 1.94. The maximum atomic E-state index is 13.5. The summed E-state index contributed by atoms with van der Waals surface area (Å²) in [5, 5.41) is 21.2. The third-order valence-electron chi connectivity index (χ3n) is 4.20. The van der Waals surface area contributed by atoms with E-state index in [1.165, 1.54) is 37.7 Å². The van der Waals surface area contributed by atoms with Crippen LogP contribution >= 0.6 is 0 Å². The second-order valence-electron chi connectivity index (χ2n) is 7.36. The number of hydrogen-bond donors (Lipinski definition) is 3. The summed E-state index contributed by atoms with van der Waals surface area (Å²) in [5.41, 5.74) is -1.50. The highest BCUT2D eigenvalue weighted by molar-refractivity contribution is 7.89. The molecular formula is C20H19FN4O5S. The van der Waals surface area contributed by atoms with Gasteiger partial charge in [-0.3, -0.25) is 4.79 Å². The maximum Gasteiger partial charge on any atom is 0.276 e. The molecule has 0 bridgehead atoms. The molecule has 3 N–H and O–H groups in total. The number of nitrogens with zero attached hydrogens (tertiary/aromatic N) is 2. The number of benzene rings is 1. The van der Waals surface area contributed by atoms with Crippen LogP contribution in [-0.2, 0) is 17.1 Å². The van der Waals surface area contributed by atoms with Gasteiger partial charge in [0.05, 0.1) is 5.56 Å². The van der Waals surface area contributed by atoms with Crippen LogP contribution in [0.15, 0.2) is 29.3 Å². The second kappa shape index (κ2) is 8.04. The molecule has 0 spiro atoms. The third kappa shape index (κ3) is 4.86. The van der Waals surface area contributed by atoms with E-state index >= 15 is 0 Å². The zero-order chi connectivity index (χ0) is 23.0. The Morgan fingerprint density at radius 3 is 2.81 bits per heavy atom. The number of aromatic nitrogens is 1. The summed E-state index contributed by atoms with van der Waals surface area (Å²) in [6.07, 6.45) is 1.23. The number of halogens is 1. The highest BCUT2D eigenvalue weighted by Crippen LogP contribution is 2.32. The quantitative estimate of drug-likeness (QED) is 0.592. The lowest BCUT2D eigenvalue weighted by Crippen LogP contribution is -2.36. The van der Waals surface area contributed by atoms with E-state index in [2.05, 4.69) is 21.9 Å². The number of carbonyl (C=O) groups is 1. The van der Waals surface area contributed by atoms with E-state index < -0.39 is 33.4 Å². The summed E-state index contributed by atoms with van der Waals surface area (Å²) in [5.74, 6) is 3.54. The number of hydrogen-bond acceptors (Lipinski definition) is 6. The van der Waals surface area contributed by atoms with Crippen molar-refractivity contribution in [1.29, 1.82) is 5.26 Å². The van der Waals surface area contributed by atoms with Crippen molar-refractivity contribution in [3.8, 4) is 23.7 Å². The largest absolute Gasteiger partial charge is 0.487 e. The summed E-state index contributed by atoms with van der Waals surface area (Å²) in [6.45, 7) is 2.71. The molecule has 2 heterocycles. The number of sulfonamides is 1. The smallest absolute Gasteiger partial charge is 0.276 e. The number of fused-ring (bicyclic) bond motifs is 1. The fourth-order valence-electron chi connectivity index (χ4n) is 2.84. The molecule has 1 atom stereocenters. The van der Waals surface area contributed by atoms with E-state index in [-0.39, 0.29) is 34.2 Å². The molecule has 9 nitrogen and oxygen atoms in total. The molecule has 0 unspecified atom stereocenters. The molecular weight excluding hydrogens is 427 g/mol. The van der Waals surface area contributed by atoms with Gasteiger partial charge in [-0.15, -0.1) is 0 Å². The first-order valence-corrected chi connectivity index (χ1v) is 10.5. The number of nitriles is 1. The van der Waals surface area contributed by atoms with E-state index in [0.717, 1.165) is 12.1 Å². The number of anilines is 1. The minimum absolute atomic E-state index is 0.0840. The Morgan fingerprint density at radius 2 is 2.16 bits per heavy atom. The molecule has 162 valence electrons. The minimum atomic E-state index is -4.07. The second-order valence-corrected chi connectivity index (χ2v) is 9.04. The fraction of sp³-hybridized carbons (Fsp3) is 0.300. The predicted molar refractivity (Wildman–Crippen MR) is 108 cm³/mol. The minimum Gasteiger partial charge on any atom is -0.487 e. The van der Waals surface area contributed by atoms with Gasteiger partial charge >= 0.3 is 0 Å². The number of aryl methyl sites for hydroxylation is 1. The van der Waals surface area contributed by atoms with Crippen molar-refractivity contribution < 1.29 is 27.4 Å². The van der Waals surface area contributed by atoms with Crippen molar-refractivity contribution in [2.24, 2.45) is 7.05 Å². The van der Waals surface area contributed by atoms with Gasteiger partial charge in [0.15, 0.2) is 11.4 Å². The molecule has 1 aromatic carbocycles. The van der Waals surface area contributed by atoms with Crippen molar-refractivity contribution in [1.82, 2.24) is 9.29 Å².